The third-order valence-electron chi connectivity index (χ3n) is 2.13. The van der Waals surface area contributed by atoms with Crippen LogP contribution < -0.4 is 0 Å². The highest BCUT2D eigenvalue weighted by atomic mass is 32.2. The predicted molar refractivity (Wildman–Crippen MR) is 66.9 cm³/mol. The Morgan fingerprint density at radius 3 is 2.43 bits per heavy atom. The zero-order chi connectivity index (χ0) is 10.5. The van der Waals surface area contributed by atoms with Crippen LogP contribution in [0.4, 0.5) is 0 Å². The first kappa shape index (κ1) is 14.1. The Hall–Kier alpha value is 0.0500. The zero-order valence-corrected chi connectivity index (χ0v) is 10.2. The van der Waals surface area contributed by atoms with Crippen molar-refractivity contribution in [1.29, 1.82) is 0 Å². The largest absolute Gasteiger partial charge is 0.392 e. The highest BCUT2D eigenvalue weighted by Crippen LogP contribution is 2.09. The topological polar surface area (TPSA) is 20.2 Å². The molecule has 0 heterocycles. The van der Waals surface area contributed by atoms with E-state index in [1.54, 1.807) is 0 Å². The average molecular weight is 216 g/mol. The third kappa shape index (κ3) is 12.0. The first-order valence-corrected chi connectivity index (χ1v) is 6.91. The molecular formula is C12H24OS. The minimum absolute atomic E-state index is 0.178. The second-order valence-electron chi connectivity index (χ2n) is 3.50. The summed E-state index contributed by atoms with van der Waals surface area (Å²) in [6, 6.07) is 0. The molecule has 0 aliphatic carbocycles. The van der Waals surface area contributed by atoms with Crippen molar-refractivity contribution >= 4 is 11.8 Å². The van der Waals surface area contributed by atoms with Gasteiger partial charge in [0.05, 0.1) is 6.61 Å². The van der Waals surface area contributed by atoms with Gasteiger partial charge in [-0.1, -0.05) is 51.2 Å². The monoisotopic (exact) mass is 216 g/mol. The Morgan fingerprint density at radius 1 is 1.00 bits per heavy atom. The SMILES string of the molecule is CCCCCCCCSC/C=C/CO. The second-order valence-corrected chi connectivity index (χ2v) is 4.65. The molecule has 0 radical (unpaired) electrons. The summed E-state index contributed by atoms with van der Waals surface area (Å²) in [6.07, 6.45) is 12.1. The van der Waals surface area contributed by atoms with E-state index in [1.807, 2.05) is 23.9 Å². The lowest BCUT2D eigenvalue weighted by atomic mass is 10.1. The van der Waals surface area contributed by atoms with Gasteiger partial charge in [-0.25, -0.2) is 0 Å². The van der Waals surface area contributed by atoms with E-state index in [9.17, 15) is 0 Å². The molecule has 0 aromatic rings. The van der Waals surface area contributed by atoms with E-state index < -0.39 is 0 Å². The number of unbranched alkanes of at least 4 members (excludes halogenated alkanes) is 5. The lowest BCUT2D eigenvalue weighted by Gasteiger charge is -1.99. The fourth-order valence-electron chi connectivity index (χ4n) is 1.28. The molecule has 0 amide bonds. The van der Waals surface area contributed by atoms with Gasteiger partial charge >= 0.3 is 0 Å². The van der Waals surface area contributed by atoms with Gasteiger partial charge in [-0.15, -0.1) is 0 Å². The molecule has 14 heavy (non-hydrogen) atoms. The van der Waals surface area contributed by atoms with E-state index in [4.69, 9.17) is 5.11 Å². The molecule has 2 heteroatoms. The summed E-state index contributed by atoms with van der Waals surface area (Å²) in [5.41, 5.74) is 0. The van der Waals surface area contributed by atoms with Gasteiger partial charge in [-0.05, 0) is 12.2 Å². The molecule has 0 aliphatic heterocycles. The van der Waals surface area contributed by atoms with Crippen LogP contribution in [0.5, 0.6) is 0 Å². The molecule has 0 unspecified atom stereocenters. The maximum absolute atomic E-state index is 8.49. The van der Waals surface area contributed by atoms with Crippen molar-refractivity contribution in [1.82, 2.24) is 0 Å². The summed E-state index contributed by atoms with van der Waals surface area (Å²) in [6.45, 7) is 2.43. The average Bonchev–Trinajstić information content (AvgIpc) is 2.21. The quantitative estimate of drug-likeness (QED) is 0.444. The second kappa shape index (κ2) is 13.1. The summed E-state index contributed by atoms with van der Waals surface area (Å²) >= 11 is 1.96. The number of thioether (sulfide) groups is 1. The molecule has 0 rings (SSSR count). The Balaban J connectivity index is 2.88. The molecule has 0 saturated heterocycles. The molecule has 84 valence electrons. The molecule has 0 atom stereocenters. The van der Waals surface area contributed by atoms with Crippen LogP contribution in [-0.4, -0.2) is 23.2 Å². The number of hydrogen-bond donors (Lipinski definition) is 1. The molecule has 0 aromatic carbocycles. The summed E-state index contributed by atoms with van der Waals surface area (Å²) in [5, 5.41) is 8.49. The van der Waals surface area contributed by atoms with Gasteiger partial charge in [0.25, 0.3) is 0 Å². The van der Waals surface area contributed by atoms with Gasteiger partial charge in [0.2, 0.25) is 0 Å². The van der Waals surface area contributed by atoms with Crippen molar-refractivity contribution in [2.45, 2.75) is 45.4 Å². The van der Waals surface area contributed by atoms with E-state index in [0.29, 0.717) is 0 Å². The summed E-state index contributed by atoms with van der Waals surface area (Å²) in [7, 11) is 0. The molecule has 0 aromatic heterocycles. The molecule has 0 saturated carbocycles. The Labute approximate surface area is 93.0 Å². The fourth-order valence-corrected chi connectivity index (χ4v) is 2.13. The Morgan fingerprint density at radius 2 is 1.71 bits per heavy atom. The molecule has 0 spiro atoms. The fraction of sp³-hybridized carbons (Fsp3) is 0.833. The van der Waals surface area contributed by atoms with Crippen LogP contribution in [0.3, 0.4) is 0 Å². The zero-order valence-electron chi connectivity index (χ0n) is 9.37. The molecule has 0 fully saturated rings. The van der Waals surface area contributed by atoms with Crippen molar-refractivity contribution in [3.05, 3.63) is 12.2 Å². The molecule has 0 aliphatic rings. The molecular weight excluding hydrogens is 192 g/mol. The maximum Gasteiger partial charge on any atom is 0.0612 e. The summed E-state index contributed by atoms with van der Waals surface area (Å²) < 4.78 is 0. The third-order valence-corrected chi connectivity index (χ3v) is 3.13. The number of rotatable bonds is 10. The van der Waals surface area contributed by atoms with Crippen LogP contribution in [0, 0.1) is 0 Å². The first-order chi connectivity index (χ1) is 6.91. The highest BCUT2D eigenvalue weighted by Gasteiger charge is 1.89. The smallest absolute Gasteiger partial charge is 0.0612 e. The van der Waals surface area contributed by atoms with Crippen LogP contribution in [0.2, 0.25) is 0 Å². The summed E-state index contributed by atoms with van der Waals surface area (Å²) in [5.74, 6) is 2.32. The van der Waals surface area contributed by atoms with E-state index in [-0.39, 0.29) is 6.61 Å². The van der Waals surface area contributed by atoms with Crippen molar-refractivity contribution in [3.63, 3.8) is 0 Å². The number of aliphatic hydroxyl groups is 1. The molecule has 0 bridgehead atoms. The van der Waals surface area contributed by atoms with Crippen LogP contribution in [0.1, 0.15) is 45.4 Å². The lowest BCUT2D eigenvalue weighted by Crippen LogP contribution is -1.83. The Bertz CT molecular complexity index is 123. The van der Waals surface area contributed by atoms with Crippen molar-refractivity contribution < 1.29 is 5.11 Å². The standard InChI is InChI=1S/C12H24OS/c1-2-3-4-5-6-8-11-14-12-9-7-10-13/h7,9,13H,2-6,8,10-12H2,1H3/b9-7+. The predicted octanol–water partition coefficient (Wildman–Crippen LogP) is 3.63. The van der Waals surface area contributed by atoms with E-state index in [1.165, 1.54) is 44.3 Å². The van der Waals surface area contributed by atoms with Crippen LogP contribution >= 0.6 is 11.8 Å². The molecule has 1 N–H and O–H groups in total. The van der Waals surface area contributed by atoms with Crippen molar-refractivity contribution in [2.24, 2.45) is 0 Å². The van der Waals surface area contributed by atoms with Crippen molar-refractivity contribution in [3.8, 4) is 0 Å². The first-order valence-electron chi connectivity index (χ1n) is 5.75. The maximum atomic E-state index is 8.49. The van der Waals surface area contributed by atoms with E-state index >= 15 is 0 Å². The van der Waals surface area contributed by atoms with Gasteiger partial charge in [-0.3, -0.25) is 0 Å². The van der Waals surface area contributed by atoms with Crippen LogP contribution in [0.15, 0.2) is 12.2 Å². The highest BCUT2D eigenvalue weighted by molar-refractivity contribution is 7.99. The van der Waals surface area contributed by atoms with E-state index in [2.05, 4.69) is 6.92 Å². The molecule has 1 nitrogen and oxygen atoms in total. The normalized spacial score (nSPS) is 11.3. The minimum Gasteiger partial charge on any atom is -0.392 e. The van der Waals surface area contributed by atoms with Gasteiger partial charge in [-0.2, -0.15) is 11.8 Å². The van der Waals surface area contributed by atoms with Gasteiger partial charge in [0.15, 0.2) is 0 Å². The lowest BCUT2D eigenvalue weighted by molar-refractivity contribution is 0.342. The van der Waals surface area contributed by atoms with Crippen molar-refractivity contribution in [2.75, 3.05) is 18.1 Å². The number of hydrogen-bond acceptors (Lipinski definition) is 2. The number of aliphatic hydroxyl groups excluding tert-OH is 1. The van der Waals surface area contributed by atoms with Crippen LogP contribution in [0.25, 0.3) is 0 Å². The minimum atomic E-state index is 0.178. The van der Waals surface area contributed by atoms with Gasteiger partial charge in [0, 0.05) is 5.75 Å². The van der Waals surface area contributed by atoms with Crippen LogP contribution in [-0.2, 0) is 0 Å². The van der Waals surface area contributed by atoms with Gasteiger partial charge in [0.1, 0.15) is 0 Å². The van der Waals surface area contributed by atoms with Gasteiger partial charge < -0.3 is 5.11 Å². The van der Waals surface area contributed by atoms with E-state index in [0.717, 1.165) is 5.75 Å². The summed E-state index contributed by atoms with van der Waals surface area (Å²) in [4.78, 5) is 0. The Kier molecular flexibility index (Phi) is 13.1.